The Hall–Kier alpha value is -2.56. The van der Waals surface area contributed by atoms with Crippen LogP contribution >= 0.6 is 0 Å². The number of furan rings is 1. The molecule has 0 aliphatic rings. The second-order valence-electron chi connectivity index (χ2n) is 6.01. The second-order valence-corrected chi connectivity index (χ2v) is 6.01. The van der Waals surface area contributed by atoms with Gasteiger partial charge in [0.1, 0.15) is 5.76 Å². The van der Waals surface area contributed by atoms with E-state index in [1.54, 1.807) is 37.3 Å². The van der Waals surface area contributed by atoms with Crippen molar-refractivity contribution in [2.75, 3.05) is 0 Å². The summed E-state index contributed by atoms with van der Waals surface area (Å²) in [4.78, 5) is 25.0. The SMILES string of the molecule is Cc1occc1C(=O)N(NC(=O)c1ccccc1)C(C)(C)C. The molecule has 0 aliphatic carbocycles. The van der Waals surface area contributed by atoms with Gasteiger partial charge in [-0.25, -0.2) is 5.01 Å². The van der Waals surface area contributed by atoms with Gasteiger partial charge in [-0.05, 0) is 45.9 Å². The molecule has 0 bridgehead atoms. The van der Waals surface area contributed by atoms with Gasteiger partial charge in [-0.1, -0.05) is 18.2 Å². The zero-order valence-electron chi connectivity index (χ0n) is 13.2. The maximum atomic E-state index is 12.7. The molecule has 0 saturated carbocycles. The van der Waals surface area contributed by atoms with E-state index in [0.717, 1.165) is 0 Å². The van der Waals surface area contributed by atoms with Gasteiger partial charge in [-0.3, -0.25) is 15.0 Å². The van der Waals surface area contributed by atoms with E-state index in [4.69, 9.17) is 4.42 Å². The summed E-state index contributed by atoms with van der Waals surface area (Å²) in [6, 6.07) is 10.4. The molecular weight excluding hydrogens is 280 g/mol. The lowest BCUT2D eigenvalue weighted by atomic mass is 10.1. The van der Waals surface area contributed by atoms with Crippen molar-refractivity contribution in [3.63, 3.8) is 0 Å². The maximum Gasteiger partial charge on any atom is 0.276 e. The fourth-order valence-corrected chi connectivity index (χ4v) is 2.01. The standard InChI is InChI=1S/C17H20N2O3/c1-12-14(10-11-22-12)16(21)19(17(2,3)4)18-15(20)13-8-6-5-7-9-13/h5-11H,1-4H3,(H,18,20). The molecule has 5 heteroatoms. The van der Waals surface area contributed by atoms with E-state index in [-0.39, 0.29) is 11.8 Å². The molecule has 116 valence electrons. The molecule has 1 N–H and O–H groups in total. The molecule has 0 saturated heterocycles. The second kappa shape index (κ2) is 6.05. The number of carbonyl (C=O) groups excluding carboxylic acids is 2. The van der Waals surface area contributed by atoms with Crippen molar-refractivity contribution in [2.24, 2.45) is 0 Å². The summed E-state index contributed by atoms with van der Waals surface area (Å²) >= 11 is 0. The minimum absolute atomic E-state index is 0.303. The van der Waals surface area contributed by atoms with Crippen molar-refractivity contribution in [1.29, 1.82) is 0 Å². The van der Waals surface area contributed by atoms with Gasteiger partial charge in [-0.15, -0.1) is 0 Å². The average Bonchev–Trinajstić information content (AvgIpc) is 2.89. The minimum Gasteiger partial charge on any atom is -0.469 e. The summed E-state index contributed by atoms with van der Waals surface area (Å²) in [7, 11) is 0. The van der Waals surface area contributed by atoms with E-state index in [1.807, 2.05) is 26.8 Å². The zero-order valence-corrected chi connectivity index (χ0v) is 13.2. The number of nitrogens with one attached hydrogen (secondary N) is 1. The highest BCUT2D eigenvalue weighted by molar-refractivity contribution is 5.99. The van der Waals surface area contributed by atoms with Crippen molar-refractivity contribution in [3.05, 3.63) is 59.5 Å². The number of amides is 2. The molecule has 0 aliphatic heterocycles. The van der Waals surface area contributed by atoms with Crippen molar-refractivity contribution >= 4 is 11.8 Å². The van der Waals surface area contributed by atoms with E-state index < -0.39 is 5.54 Å². The van der Waals surface area contributed by atoms with Crippen LogP contribution in [0.5, 0.6) is 0 Å². The first-order valence-electron chi connectivity index (χ1n) is 7.05. The smallest absolute Gasteiger partial charge is 0.276 e. The van der Waals surface area contributed by atoms with Gasteiger partial charge < -0.3 is 4.42 Å². The summed E-state index contributed by atoms with van der Waals surface area (Å²) in [5, 5.41) is 1.33. The van der Waals surface area contributed by atoms with Crippen LogP contribution in [0.2, 0.25) is 0 Å². The van der Waals surface area contributed by atoms with Crippen LogP contribution in [0.4, 0.5) is 0 Å². The average molecular weight is 300 g/mol. The van der Waals surface area contributed by atoms with Gasteiger partial charge in [-0.2, -0.15) is 0 Å². The topological polar surface area (TPSA) is 62.6 Å². The zero-order chi connectivity index (χ0) is 16.3. The Morgan fingerprint density at radius 3 is 2.23 bits per heavy atom. The molecule has 1 heterocycles. The predicted molar refractivity (Wildman–Crippen MR) is 83.3 cm³/mol. The molecule has 5 nitrogen and oxygen atoms in total. The van der Waals surface area contributed by atoms with Gasteiger partial charge in [0.2, 0.25) is 0 Å². The number of rotatable bonds is 2. The molecule has 22 heavy (non-hydrogen) atoms. The van der Waals surface area contributed by atoms with Gasteiger partial charge in [0.25, 0.3) is 11.8 Å². The molecule has 0 spiro atoms. The van der Waals surface area contributed by atoms with Crippen LogP contribution in [0, 0.1) is 6.92 Å². The maximum absolute atomic E-state index is 12.7. The largest absolute Gasteiger partial charge is 0.469 e. The van der Waals surface area contributed by atoms with Crippen LogP contribution in [0.1, 0.15) is 47.2 Å². The Balaban J connectivity index is 2.27. The van der Waals surface area contributed by atoms with Crippen LogP contribution in [0.15, 0.2) is 47.1 Å². The molecule has 2 aromatic rings. The molecule has 0 atom stereocenters. The van der Waals surface area contributed by atoms with E-state index in [2.05, 4.69) is 5.43 Å². The van der Waals surface area contributed by atoms with Crippen LogP contribution in [-0.4, -0.2) is 22.4 Å². The van der Waals surface area contributed by atoms with E-state index >= 15 is 0 Å². The first-order chi connectivity index (χ1) is 10.3. The fraction of sp³-hybridized carbons (Fsp3) is 0.294. The lowest BCUT2D eigenvalue weighted by Crippen LogP contribution is -2.55. The number of hydrogen-bond acceptors (Lipinski definition) is 3. The predicted octanol–water partition coefficient (Wildman–Crippen LogP) is 3.17. The Morgan fingerprint density at radius 2 is 1.73 bits per heavy atom. The third-order valence-corrected chi connectivity index (χ3v) is 3.21. The highest BCUT2D eigenvalue weighted by Crippen LogP contribution is 2.18. The Kier molecular flexibility index (Phi) is 4.35. The molecule has 0 fully saturated rings. The van der Waals surface area contributed by atoms with Crippen LogP contribution in [0.3, 0.4) is 0 Å². The van der Waals surface area contributed by atoms with Crippen molar-refractivity contribution in [2.45, 2.75) is 33.2 Å². The van der Waals surface area contributed by atoms with Gasteiger partial charge in [0, 0.05) is 5.56 Å². The lowest BCUT2D eigenvalue weighted by Gasteiger charge is -2.35. The summed E-state index contributed by atoms with van der Waals surface area (Å²) in [5.74, 6) is -0.110. The van der Waals surface area contributed by atoms with E-state index in [9.17, 15) is 9.59 Å². The van der Waals surface area contributed by atoms with Crippen molar-refractivity contribution in [1.82, 2.24) is 10.4 Å². The normalized spacial score (nSPS) is 11.1. The number of nitrogens with zero attached hydrogens (tertiary/aromatic N) is 1. The molecule has 2 rings (SSSR count). The summed E-state index contributed by atoms with van der Waals surface area (Å²) in [6.07, 6.45) is 1.46. The van der Waals surface area contributed by atoms with Gasteiger partial charge in [0.15, 0.2) is 0 Å². The molecular formula is C17H20N2O3. The van der Waals surface area contributed by atoms with Crippen molar-refractivity contribution in [3.8, 4) is 0 Å². The number of hydrogen-bond donors (Lipinski definition) is 1. The third-order valence-electron chi connectivity index (χ3n) is 3.21. The number of hydrazine groups is 1. The fourth-order valence-electron chi connectivity index (χ4n) is 2.01. The van der Waals surface area contributed by atoms with Crippen LogP contribution in [0.25, 0.3) is 0 Å². The Labute approximate surface area is 129 Å². The molecule has 1 aromatic heterocycles. The summed E-state index contributed by atoms with van der Waals surface area (Å²) in [5.41, 5.74) is 3.04. The first kappa shape index (κ1) is 15.8. The Bertz CT molecular complexity index is 669. The van der Waals surface area contributed by atoms with Crippen molar-refractivity contribution < 1.29 is 14.0 Å². The number of aryl methyl sites for hydroxylation is 1. The van der Waals surface area contributed by atoms with E-state index in [1.165, 1.54) is 11.3 Å². The Morgan fingerprint density at radius 1 is 1.09 bits per heavy atom. The highest BCUT2D eigenvalue weighted by atomic mass is 16.3. The highest BCUT2D eigenvalue weighted by Gasteiger charge is 2.31. The molecule has 0 radical (unpaired) electrons. The van der Waals surface area contributed by atoms with E-state index in [0.29, 0.717) is 16.9 Å². The van der Waals surface area contributed by atoms with Crippen LogP contribution < -0.4 is 5.43 Å². The summed E-state index contributed by atoms with van der Waals surface area (Å²) < 4.78 is 5.18. The molecule has 0 unspecified atom stereocenters. The quantitative estimate of drug-likeness (QED) is 0.866. The molecule has 2 amide bonds. The summed E-state index contributed by atoms with van der Waals surface area (Å²) in [6.45, 7) is 7.27. The van der Waals surface area contributed by atoms with Crippen LogP contribution in [-0.2, 0) is 0 Å². The van der Waals surface area contributed by atoms with Gasteiger partial charge >= 0.3 is 0 Å². The third kappa shape index (κ3) is 3.36. The lowest BCUT2D eigenvalue weighted by molar-refractivity contribution is 0.0357. The van der Waals surface area contributed by atoms with Gasteiger partial charge in [0.05, 0.1) is 17.4 Å². The minimum atomic E-state index is -0.578. The monoisotopic (exact) mass is 300 g/mol. The number of benzene rings is 1. The first-order valence-corrected chi connectivity index (χ1v) is 7.05. The number of carbonyl (C=O) groups is 2. The molecule has 1 aromatic carbocycles.